The largest absolute Gasteiger partial charge is 0.379 e. The van der Waals surface area contributed by atoms with E-state index in [1.807, 2.05) is 0 Å². The summed E-state index contributed by atoms with van der Waals surface area (Å²) < 4.78 is 5.50. The Labute approximate surface area is 111 Å². The molecule has 0 saturated carbocycles. The number of hydrogen-bond donors (Lipinski definition) is 1. The fraction of sp³-hybridized carbons (Fsp3) is 1.00. The van der Waals surface area contributed by atoms with E-state index in [0.717, 1.165) is 32.3 Å². The SMILES string of the molecule is C1CCN(C2CCNCC2)C(N2CCOCC2)C1. The van der Waals surface area contributed by atoms with Gasteiger partial charge < -0.3 is 10.1 Å². The van der Waals surface area contributed by atoms with E-state index >= 15 is 0 Å². The van der Waals surface area contributed by atoms with Crippen molar-refractivity contribution in [3.8, 4) is 0 Å². The highest BCUT2D eigenvalue weighted by atomic mass is 16.5. The Bertz CT molecular complexity index is 223. The monoisotopic (exact) mass is 253 g/mol. The van der Waals surface area contributed by atoms with E-state index in [0.29, 0.717) is 6.17 Å². The molecule has 4 heteroatoms. The first-order valence-corrected chi connectivity index (χ1v) is 7.73. The predicted octanol–water partition coefficient (Wildman–Crippen LogP) is 0.883. The lowest BCUT2D eigenvalue weighted by atomic mass is 9.98. The van der Waals surface area contributed by atoms with Crippen molar-refractivity contribution >= 4 is 0 Å². The predicted molar refractivity (Wildman–Crippen MR) is 72.6 cm³/mol. The fourth-order valence-corrected chi connectivity index (χ4v) is 3.77. The Morgan fingerprint density at radius 3 is 2.44 bits per heavy atom. The molecule has 0 bridgehead atoms. The normalized spacial score (nSPS) is 33.7. The summed E-state index contributed by atoms with van der Waals surface area (Å²) in [5, 5.41) is 3.49. The molecule has 1 unspecified atom stereocenters. The first-order chi connectivity index (χ1) is 8.95. The zero-order chi connectivity index (χ0) is 12.2. The maximum Gasteiger partial charge on any atom is 0.0626 e. The Morgan fingerprint density at radius 1 is 0.889 bits per heavy atom. The van der Waals surface area contributed by atoms with E-state index in [2.05, 4.69) is 15.1 Å². The number of nitrogens with zero attached hydrogens (tertiary/aromatic N) is 2. The molecular formula is C14H27N3O. The molecule has 0 spiro atoms. The average molecular weight is 253 g/mol. The number of ether oxygens (including phenoxy) is 1. The quantitative estimate of drug-likeness (QED) is 0.791. The van der Waals surface area contributed by atoms with E-state index in [4.69, 9.17) is 4.74 Å². The van der Waals surface area contributed by atoms with Crippen molar-refractivity contribution in [2.24, 2.45) is 0 Å². The number of piperidine rings is 2. The topological polar surface area (TPSA) is 27.7 Å². The van der Waals surface area contributed by atoms with Gasteiger partial charge in [0.05, 0.1) is 19.4 Å². The van der Waals surface area contributed by atoms with Gasteiger partial charge in [0.25, 0.3) is 0 Å². The summed E-state index contributed by atoms with van der Waals surface area (Å²) in [5.41, 5.74) is 0. The van der Waals surface area contributed by atoms with Crippen LogP contribution in [0.4, 0.5) is 0 Å². The standard InChI is InChI=1S/C14H27N3O/c1-2-8-17(13-4-6-15-7-5-13)14(3-1)16-9-11-18-12-10-16/h13-15H,1-12H2. The van der Waals surface area contributed by atoms with E-state index < -0.39 is 0 Å². The van der Waals surface area contributed by atoms with Gasteiger partial charge in [-0.15, -0.1) is 0 Å². The highest BCUT2D eigenvalue weighted by molar-refractivity contribution is 4.86. The highest BCUT2D eigenvalue weighted by Crippen LogP contribution is 2.26. The smallest absolute Gasteiger partial charge is 0.0626 e. The van der Waals surface area contributed by atoms with E-state index in [9.17, 15) is 0 Å². The van der Waals surface area contributed by atoms with Crippen LogP contribution in [0.1, 0.15) is 32.1 Å². The number of rotatable bonds is 2. The van der Waals surface area contributed by atoms with Crippen LogP contribution in [0, 0.1) is 0 Å². The molecule has 3 heterocycles. The average Bonchev–Trinajstić information content (AvgIpc) is 2.49. The molecular weight excluding hydrogens is 226 g/mol. The minimum absolute atomic E-state index is 0.700. The molecule has 3 fully saturated rings. The molecule has 4 nitrogen and oxygen atoms in total. The Morgan fingerprint density at radius 2 is 1.67 bits per heavy atom. The van der Waals surface area contributed by atoms with Gasteiger partial charge in [0.2, 0.25) is 0 Å². The van der Waals surface area contributed by atoms with Crippen molar-refractivity contribution in [3.63, 3.8) is 0 Å². The fourth-order valence-electron chi connectivity index (χ4n) is 3.77. The molecule has 0 aliphatic carbocycles. The molecule has 1 atom stereocenters. The van der Waals surface area contributed by atoms with Gasteiger partial charge in [-0.3, -0.25) is 9.80 Å². The molecule has 3 saturated heterocycles. The van der Waals surface area contributed by atoms with Gasteiger partial charge in [0.15, 0.2) is 0 Å². The summed E-state index contributed by atoms with van der Waals surface area (Å²) in [4.78, 5) is 5.49. The highest BCUT2D eigenvalue weighted by Gasteiger charge is 2.33. The first-order valence-electron chi connectivity index (χ1n) is 7.73. The van der Waals surface area contributed by atoms with Crippen molar-refractivity contribution in [1.29, 1.82) is 0 Å². The zero-order valence-corrected chi connectivity index (χ0v) is 11.4. The summed E-state index contributed by atoms with van der Waals surface area (Å²) in [6, 6.07) is 0.819. The third kappa shape index (κ3) is 2.87. The van der Waals surface area contributed by atoms with Crippen molar-refractivity contribution in [3.05, 3.63) is 0 Å². The van der Waals surface area contributed by atoms with Gasteiger partial charge >= 0.3 is 0 Å². The maximum absolute atomic E-state index is 5.50. The molecule has 3 aliphatic heterocycles. The van der Waals surface area contributed by atoms with Crippen LogP contribution in [0.5, 0.6) is 0 Å². The second kappa shape index (κ2) is 6.33. The molecule has 0 aromatic carbocycles. The maximum atomic E-state index is 5.50. The van der Waals surface area contributed by atoms with Crippen LogP contribution in [0.25, 0.3) is 0 Å². The van der Waals surface area contributed by atoms with Crippen LogP contribution in [0.3, 0.4) is 0 Å². The Kier molecular flexibility index (Phi) is 4.52. The molecule has 0 aromatic heterocycles. The molecule has 0 radical (unpaired) electrons. The van der Waals surface area contributed by atoms with Gasteiger partial charge in [-0.1, -0.05) is 0 Å². The van der Waals surface area contributed by atoms with Crippen LogP contribution < -0.4 is 5.32 Å². The van der Waals surface area contributed by atoms with Crippen molar-refractivity contribution in [2.75, 3.05) is 45.9 Å². The second-order valence-electron chi connectivity index (χ2n) is 5.84. The summed E-state index contributed by atoms with van der Waals surface area (Å²) in [6.07, 6.45) is 7.53. The third-order valence-electron chi connectivity index (χ3n) is 4.76. The summed E-state index contributed by atoms with van der Waals surface area (Å²) in [5.74, 6) is 0. The zero-order valence-electron chi connectivity index (χ0n) is 11.4. The van der Waals surface area contributed by atoms with Crippen molar-refractivity contribution in [1.82, 2.24) is 15.1 Å². The van der Waals surface area contributed by atoms with Gasteiger partial charge in [-0.05, 0) is 51.7 Å². The molecule has 3 rings (SSSR count). The van der Waals surface area contributed by atoms with Crippen molar-refractivity contribution < 1.29 is 4.74 Å². The number of nitrogens with one attached hydrogen (secondary N) is 1. The van der Waals surface area contributed by atoms with Crippen LogP contribution in [0.15, 0.2) is 0 Å². The van der Waals surface area contributed by atoms with E-state index in [-0.39, 0.29) is 0 Å². The molecule has 1 N–H and O–H groups in total. The van der Waals surface area contributed by atoms with E-state index in [1.54, 1.807) is 0 Å². The summed E-state index contributed by atoms with van der Waals surface area (Å²) in [6.45, 7) is 7.84. The lowest BCUT2D eigenvalue weighted by molar-refractivity contribution is -0.0664. The van der Waals surface area contributed by atoms with Gasteiger partial charge in [0.1, 0.15) is 0 Å². The Balaban J connectivity index is 1.64. The van der Waals surface area contributed by atoms with Gasteiger partial charge in [-0.2, -0.15) is 0 Å². The minimum atomic E-state index is 0.700. The molecule has 18 heavy (non-hydrogen) atoms. The third-order valence-corrected chi connectivity index (χ3v) is 4.76. The lowest BCUT2D eigenvalue weighted by Crippen LogP contribution is -2.58. The number of likely N-dealkylation sites (tertiary alicyclic amines) is 1. The molecule has 0 aromatic rings. The van der Waals surface area contributed by atoms with Crippen molar-refractivity contribution in [2.45, 2.75) is 44.3 Å². The van der Waals surface area contributed by atoms with Gasteiger partial charge in [0, 0.05) is 19.1 Å². The van der Waals surface area contributed by atoms with Crippen LogP contribution in [-0.4, -0.2) is 67.9 Å². The van der Waals surface area contributed by atoms with E-state index in [1.165, 1.54) is 51.7 Å². The lowest BCUT2D eigenvalue weighted by Gasteiger charge is -2.48. The van der Waals surface area contributed by atoms with Crippen LogP contribution in [-0.2, 0) is 4.74 Å². The number of hydrogen-bond acceptors (Lipinski definition) is 4. The minimum Gasteiger partial charge on any atom is -0.379 e. The molecule has 104 valence electrons. The van der Waals surface area contributed by atoms with Crippen LogP contribution >= 0.6 is 0 Å². The summed E-state index contributed by atoms with van der Waals surface area (Å²) >= 11 is 0. The second-order valence-corrected chi connectivity index (χ2v) is 5.84. The first kappa shape index (κ1) is 12.9. The van der Waals surface area contributed by atoms with Crippen LogP contribution in [0.2, 0.25) is 0 Å². The summed E-state index contributed by atoms with van der Waals surface area (Å²) in [7, 11) is 0. The molecule has 3 aliphatic rings. The Hall–Kier alpha value is -0.160. The molecule has 0 amide bonds. The van der Waals surface area contributed by atoms with Gasteiger partial charge in [-0.25, -0.2) is 0 Å². The number of morpholine rings is 1.